The van der Waals surface area contributed by atoms with Gasteiger partial charge in [0.2, 0.25) is 5.95 Å². The lowest BCUT2D eigenvalue weighted by Gasteiger charge is -1.98. The quantitative estimate of drug-likeness (QED) is 0.476. The molecule has 0 aromatic carbocycles. The maximum atomic E-state index is 5.10. The molecule has 58 valence electrons. The third-order valence-electron chi connectivity index (χ3n) is 1.04. The van der Waals surface area contributed by atoms with E-state index in [1.807, 2.05) is 6.92 Å². The normalized spacial score (nSPS) is 8.60. The van der Waals surface area contributed by atoms with Crippen molar-refractivity contribution >= 4 is 18.4 Å². The Balaban J connectivity index is 0.000000810. The molecule has 0 spiro atoms. The summed E-state index contributed by atoms with van der Waals surface area (Å²) in [6.07, 6.45) is 1.46. The summed E-state index contributed by atoms with van der Waals surface area (Å²) in [5.41, 5.74) is 2.42. The van der Waals surface area contributed by atoms with Gasteiger partial charge in [0.15, 0.2) is 0 Å². The van der Waals surface area contributed by atoms with Crippen LogP contribution in [0, 0.1) is 0 Å². The number of nitrogens with one attached hydrogen (secondary N) is 1. The van der Waals surface area contributed by atoms with Gasteiger partial charge in [0.05, 0.1) is 0 Å². The van der Waals surface area contributed by atoms with E-state index in [9.17, 15) is 0 Å². The average Bonchev–Trinajstić information content (AvgIpc) is 2.33. The molecule has 0 unspecified atom stereocenters. The fourth-order valence-electron chi connectivity index (χ4n) is 0.607. The second-order valence-electron chi connectivity index (χ2n) is 1.54. The van der Waals surface area contributed by atoms with Crippen molar-refractivity contribution in [1.82, 2.24) is 14.8 Å². The fourth-order valence-corrected chi connectivity index (χ4v) is 0.607. The van der Waals surface area contributed by atoms with Crippen LogP contribution in [-0.2, 0) is 6.54 Å². The second kappa shape index (κ2) is 4.08. The van der Waals surface area contributed by atoms with Crippen LogP contribution in [0.4, 0.5) is 5.95 Å². The molecule has 0 bridgehead atoms. The predicted molar refractivity (Wildman–Crippen MR) is 40.8 cm³/mol. The summed E-state index contributed by atoms with van der Waals surface area (Å²) in [6, 6.07) is 0. The van der Waals surface area contributed by atoms with Gasteiger partial charge in [0, 0.05) is 6.54 Å². The van der Waals surface area contributed by atoms with Gasteiger partial charge >= 0.3 is 0 Å². The molecule has 1 heterocycles. The Morgan fingerprint density at radius 2 is 2.50 bits per heavy atom. The van der Waals surface area contributed by atoms with Gasteiger partial charge in [-0.2, -0.15) is 10.1 Å². The van der Waals surface area contributed by atoms with E-state index in [4.69, 9.17) is 5.84 Å². The molecule has 0 aliphatic heterocycles. The zero-order valence-corrected chi connectivity index (χ0v) is 6.43. The third-order valence-corrected chi connectivity index (χ3v) is 1.04. The number of hydrogen-bond acceptors (Lipinski definition) is 4. The van der Waals surface area contributed by atoms with Crippen LogP contribution in [0.5, 0.6) is 0 Å². The molecule has 10 heavy (non-hydrogen) atoms. The Hall–Kier alpha value is -0.810. The fraction of sp³-hybridized carbons (Fsp3) is 0.500. The van der Waals surface area contributed by atoms with Crippen LogP contribution >= 0.6 is 12.4 Å². The monoisotopic (exact) mass is 163 g/mol. The minimum absolute atomic E-state index is 0. The maximum Gasteiger partial charge on any atom is 0.235 e. The lowest BCUT2D eigenvalue weighted by molar-refractivity contribution is 0.664. The molecule has 0 fully saturated rings. The van der Waals surface area contributed by atoms with Gasteiger partial charge in [-0.05, 0) is 6.92 Å². The van der Waals surface area contributed by atoms with Crippen LogP contribution in [0.3, 0.4) is 0 Å². The number of rotatable bonds is 2. The first-order chi connectivity index (χ1) is 4.38. The highest BCUT2D eigenvalue weighted by molar-refractivity contribution is 5.85. The van der Waals surface area contributed by atoms with Gasteiger partial charge in [-0.15, -0.1) is 12.4 Å². The van der Waals surface area contributed by atoms with Crippen molar-refractivity contribution in [3.8, 4) is 0 Å². The van der Waals surface area contributed by atoms with Crippen LogP contribution in [-0.4, -0.2) is 14.8 Å². The van der Waals surface area contributed by atoms with Crippen molar-refractivity contribution in [2.45, 2.75) is 13.5 Å². The van der Waals surface area contributed by atoms with E-state index in [1.54, 1.807) is 4.68 Å². The third kappa shape index (κ3) is 1.58. The molecular weight excluding hydrogens is 154 g/mol. The van der Waals surface area contributed by atoms with E-state index < -0.39 is 0 Å². The number of hydrogen-bond donors (Lipinski definition) is 2. The van der Waals surface area contributed by atoms with Crippen LogP contribution in [0.25, 0.3) is 0 Å². The molecular formula is C4H10ClN5. The van der Waals surface area contributed by atoms with Crippen molar-refractivity contribution in [3.63, 3.8) is 0 Å². The Labute approximate surface area is 65.0 Å². The van der Waals surface area contributed by atoms with Gasteiger partial charge in [0.25, 0.3) is 0 Å². The topological polar surface area (TPSA) is 68.8 Å². The number of aromatic nitrogens is 3. The summed E-state index contributed by atoms with van der Waals surface area (Å²) < 4.78 is 1.67. The zero-order valence-electron chi connectivity index (χ0n) is 5.61. The van der Waals surface area contributed by atoms with Crippen LogP contribution < -0.4 is 11.3 Å². The van der Waals surface area contributed by atoms with E-state index in [-0.39, 0.29) is 12.4 Å². The molecule has 1 aromatic heterocycles. The van der Waals surface area contributed by atoms with Crippen LogP contribution in [0.2, 0.25) is 0 Å². The van der Waals surface area contributed by atoms with Crippen molar-refractivity contribution in [2.75, 3.05) is 5.43 Å². The van der Waals surface area contributed by atoms with Gasteiger partial charge < -0.3 is 0 Å². The minimum atomic E-state index is 0. The first-order valence-corrected chi connectivity index (χ1v) is 2.73. The van der Waals surface area contributed by atoms with Gasteiger partial charge in [-0.25, -0.2) is 10.5 Å². The number of halogens is 1. The standard InChI is InChI=1S/C4H9N5.ClH/c1-2-9-4(8-5)6-3-7-9;/h3H,2,5H2,1H3,(H,6,7,8);1H. The molecule has 0 atom stereocenters. The van der Waals surface area contributed by atoms with E-state index in [0.717, 1.165) is 6.54 Å². The van der Waals surface area contributed by atoms with E-state index in [2.05, 4.69) is 15.5 Å². The summed E-state index contributed by atoms with van der Waals surface area (Å²) in [5, 5.41) is 3.87. The molecule has 0 aliphatic carbocycles. The van der Waals surface area contributed by atoms with Crippen molar-refractivity contribution < 1.29 is 0 Å². The van der Waals surface area contributed by atoms with Crippen molar-refractivity contribution in [2.24, 2.45) is 5.84 Å². The molecule has 0 saturated heterocycles. The number of hydrazine groups is 1. The average molecular weight is 164 g/mol. The molecule has 6 heteroatoms. The Kier molecular flexibility index (Phi) is 3.75. The van der Waals surface area contributed by atoms with Gasteiger partial charge in [0.1, 0.15) is 6.33 Å². The predicted octanol–water partition coefficient (Wildman–Crippen LogP) is 0.00540. The summed E-state index contributed by atoms with van der Waals surface area (Å²) in [6.45, 7) is 2.75. The van der Waals surface area contributed by atoms with Crippen LogP contribution in [0.15, 0.2) is 6.33 Å². The highest BCUT2D eigenvalue weighted by Gasteiger charge is 1.95. The lowest BCUT2D eigenvalue weighted by atomic mass is 10.7. The summed E-state index contributed by atoms with van der Waals surface area (Å²) in [4.78, 5) is 3.82. The highest BCUT2D eigenvalue weighted by atomic mass is 35.5. The number of nitrogen functional groups attached to an aromatic ring is 1. The number of anilines is 1. The van der Waals surface area contributed by atoms with Gasteiger partial charge in [-0.3, -0.25) is 5.43 Å². The first kappa shape index (κ1) is 9.19. The Morgan fingerprint density at radius 3 is 2.90 bits per heavy atom. The van der Waals surface area contributed by atoms with E-state index >= 15 is 0 Å². The maximum absolute atomic E-state index is 5.10. The Bertz CT molecular complexity index is 167. The van der Waals surface area contributed by atoms with Crippen molar-refractivity contribution in [3.05, 3.63) is 6.33 Å². The van der Waals surface area contributed by atoms with Gasteiger partial charge in [-0.1, -0.05) is 0 Å². The summed E-state index contributed by atoms with van der Waals surface area (Å²) in [7, 11) is 0. The number of nitrogens with zero attached hydrogens (tertiary/aromatic N) is 3. The molecule has 1 aromatic rings. The summed E-state index contributed by atoms with van der Waals surface area (Å²) in [5.74, 6) is 5.69. The molecule has 5 nitrogen and oxygen atoms in total. The lowest BCUT2D eigenvalue weighted by Crippen LogP contribution is -2.13. The van der Waals surface area contributed by atoms with Crippen molar-refractivity contribution in [1.29, 1.82) is 0 Å². The number of nitrogens with two attached hydrogens (primary N) is 1. The second-order valence-corrected chi connectivity index (χ2v) is 1.54. The molecule has 0 saturated carbocycles. The Morgan fingerprint density at radius 1 is 1.80 bits per heavy atom. The van der Waals surface area contributed by atoms with E-state index in [0.29, 0.717) is 5.95 Å². The van der Waals surface area contributed by atoms with Crippen LogP contribution in [0.1, 0.15) is 6.92 Å². The van der Waals surface area contributed by atoms with E-state index in [1.165, 1.54) is 6.33 Å². The smallest absolute Gasteiger partial charge is 0.235 e. The SMILES string of the molecule is CCn1ncnc1NN.Cl. The largest absolute Gasteiger partial charge is 0.293 e. The molecule has 1 rings (SSSR count). The first-order valence-electron chi connectivity index (χ1n) is 2.73. The number of aryl methyl sites for hydroxylation is 1. The highest BCUT2D eigenvalue weighted by Crippen LogP contribution is 1.95. The minimum Gasteiger partial charge on any atom is -0.293 e. The summed E-state index contributed by atoms with van der Waals surface area (Å²) >= 11 is 0. The zero-order chi connectivity index (χ0) is 6.69. The molecule has 0 radical (unpaired) electrons. The molecule has 0 amide bonds. The molecule has 3 N–H and O–H groups in total. The molecule has 0 aliphatic rings.